The highest BCUT2D eigenvalue weighted by atomic mass is 19.4. The predicted molar refractivity (Wildman–Crippen MR) is 57.1 cm³/mol. The van der Waals surface area contributed by atoms with Gasteiger partial charge in [-0.15, -0.1) is 0 Å². The van der Waals surface area contributed by atoms with Gasteiger partial charge in [0.25, 0.3) is 0 Å². The summed E-state index contributed by atoms with van der Waals surface area (Å²) in [6, 6.07) is 2.24. The van der Waals surface area contributed by atoms with Crippen LogP contribution in [0.5, 0.6) is 0 Å². The second-order valence-electron chi connectivity index (χ2n) is 3.69. The van der Waals surface area contributed by atoms with Crippen LogP contribution in [0.4, 0.5) is 13.2 Å². The van der Waals surface area contributed by atoms with E-state index in [1.54, 1.807) is 0 Å². The zero-order valence-electron chi connectivity index (χ0n) is 10.0. The van der Waals surface area contributed by atoms with E-state index < -0.39 is 24.6 Å². The smallest absolute Gasteiger partial charge is 0.389 e. The average molecular weight is 265 g/mol. The van der Waals surface area contributed by atoms with Gasteiger partial charge in [-0.1, -0.05) is 0 Å². The summed E-state index contributed by atoms with van der Waals surface area (Å²) in [4.78, 5) is 11.1. The largest absolute Gasteiger partial charge is 0.463 e. The van der Waals surface area contributed by atoms with E-state index in [0.717, 1.165) is 0 Å². The monoisotopic (exact) mass is 265 g/mol. The van der Waals surface area contributed by atoms with E-state index in [9.17, 15) is 18.0 Å². The molecule has 0 aliphatic heterocycles. The van der Waals surface area contributed by atoms with Gasteiger partial charge < -0.3 is 14.5 Å². The summed E-state index contributed by atoms with van der Waals surface area (Å²) < 4.78 is 46.0. The summed E-state index contributed by atoms with van der Waals surface area (Å²) in [5.41, 5.74) is 0. The number of rotatable bonds is 5. The number of hydrogen-bond acceptors (Lipinski definition) is 4. The van der Waals surface area contributed by atoms with E-state index in [4.69, 9.17) is 4.42 Å². The highest BCUT2D eigenvalue weighted by molar-refractivity contribution is 5.86. The summed E-state index contributed by atoms with van der Waals surface area (Å²) in [5, 5.41) is 2.72. The van der Waals surface area contributed by atoms with Crippen LogP contribution in [0.25, 0.3) is 0 Å². The van der Waals surface area contributed by atoms with Gasteiger partial charge >= 0.3 is 12.1 Å². The summed E-state index contributed by atoms with van der Waals surface area (Å²) in [5.74, 6) is -0.408. The first-order chi connectivity index (χ1) is 8.37. The minimum absolute atomic E-state index is 0.0280. The Bertz CT molecular complexity index is 400. The van der Waals surface area contributed by atoms with Crippen LogP contribution in [0.2, 0.25) is 0 Å². The lowest BCUT2D eigenvalue weighted by molar-refractivity contribution is -0.136. The van der Waals surface area contributed by atoms with Crippen molar-refractivity contribution >= 4 is 5.97 Å². The third-order valence-electron chi connectivity index (χ3n) is 2.42. The van der Waals surface area contributed by atoms with Crippen molar-refractivity contribution in [1.29, 1.82) is 0 Å². The van der Waals surface area contributed by atoms with Crippen LogP contribution >= 0.6 is 0 Å². The van der Waals surface area contributed by atoms with E-state index in [-0.39, 0.29) is 17.9 Å². The van der Waals surface area contributed by atoms with E-state index in [1.165, 1.54) is 26.3 Å². The Labute approximate surface area is 102 Å². The number of alkyl halides is 3. The fraction of sp³-hybridized carbons (Fsp3) is 0.545. The Balaban J connectivity index is 2.71. The van der Waals surface area contributed by atoms with Crippen LogP contribution in [0.3, 0.4) is 0 Å². The quantitative estimate of drug-likeness (QED) is 0.831. The fourth-order valence-electron chi connectivity index (χ4n) is 1.49. The molecule has 0 saturated carbocycles. The number of esters is 1. The van der Waals surface area contributed by atoms with Gasteiger partial charge in [0.2, 0.25) is 5.76 Å². The molecule has 1 unspecified atom stereocenters. The molecular weight excluding hydrogens is 251 g/mol. The summed E-state index contributed by atoms with van der Waals surface area (Å²) >= 11 is 0. The maximum atomic E-state index is 12.1. The molecule has 1 heterocycles. The van der Waals surface area contributed by atoms with Crippen LogP contribution < -0.4 is 5.32 Å². The topological polar surface area (TPSA) is 51.5 Å². The van der Waals surface area contributed by atoms with Crippen molar-refractivity contribution < 1.29 is 27.1 Å². The molecule has 0 aliphatic rings. The summed E-state index contributed by atoms with van der Waals surface area (Å²) in [6.45, 7) is 0. The molecule has 0 radical (unpaired) electrons. The number of hydrogen-bond donors (Lipinski definition) is 1. The minimum atomic E-state index is -4.22. The Morgan fingerprint density at radius 3 is 2.67 bits per heavy atom. The van der Waals surface area contributed by atoms with Gasteiger partial charge in [-0.2, -0.15) is 13.2 Å². The summed E-state index contributed by atoms with van der Waals surface area (Å²) in [7, 11) is 2.73. The number of methoxy groups -OCH3 is 1. The standard InChI is InChI=1S/C11H14F3NO3/c1-15-7(5-6-11(12,13)14)8-3-4-9(18-8)10(16)17-2/h3-4,7,15H,5-6H2,1-2H3. The van der Waals surface area contributed by atoms with Gasteiger partial charge in [-0.25, -0.2) is 4.79 Å². The molecule has 1 atom stereocenters. The number of halogens is 3. The Morgan fingerprint density at radius 1 is 1.50 bits per heavy atom. The lowest BCUT2D eigenvalue weighted by Gasteiger charge is -2.14. The first-order valence-electron chi connectivity index (χ1n) is 5.29. The van der Waals surface area contributed by atoms with E-state index >= 15 is 0 Å². The number of furan rings is 1. The first-order valence-corrected chi connectivity index (χ1v) is 5.29. The van der Waals surface area contributed by atoms with Gasteiger partial charge in [0.15, 0.2) is 0 Å². The third kappa shape index (κ3) is 4.06. The maximum Gasteiger partial charge on any atom is 0.389 e. The molecule has 0 saturated heterocycles. The summed E-state index contributed by atoms with van der Waals surface area (Å²) in [6.07, 6.45) is -5.30. The molecule has 1 rings (SSSR count). The van der Waals surface area contributed by atoms with Gasteiger partial charge in [-0.05, 0) is 25.6 Å². The number of carbonyl (C=O) groups is 1. The molecule has 4 nitrogen and oxygen atoms in total. The Morgan fingerprint density at radius 2 is 2.17 bits per heavy atom. The van der Waals surface area contributed by atoms with Gasteiger partial charge in [0.1, 0.15) is 5.76 Å². The van der Waals surface area contributed by atoms with Crippen molar-refractivity contribution in [3.8, 4) is 0 Å². The SMILES string of the molecule is CNC(CCC(F)(F)F)c1ccc(C(=O)OC)o1. The van der Waals surface area contributed by atoms with Gasteiger partial charge in [0.05, 0.1) is 13.2 Å². The van der Waals surface area contributed by atoms with Gasteiger partial charge in [0, 0.05) is 6.42 Å². The van der Waals surface area contributed by atoms with Crippen molar-refractivity contribution in [1.82, 2.24) is 5.32 Å². The fourth-order valence-corrected chi connectivity index (χ4v) is 1.49. The molecule has 0 aromatic carbocycles. The van der Waals surface area contributed by atoms with E-state index in [1.807, 2.05) is 0 Å². The minimum Gasteiger partial charge on any atom is -0.463 e. The molecule has 102 valence electrons. The molecule has 7 heteroatoms. The van der Waals surface area contributed by atoms with Gasteiger partial charge in [-0.3, -0.25) is 0 Å². The van der Waals surface area contributed by atoms with Crippen LogP contribution in [0.1, 0.15) is 35.2 Å². The molecule has 1 aromatic heterocycles. The molecule has 0 aliphatic carbocycles. The van der Waals surface area contributed by atoms with Crippen LogP contribution in [-0.4, -0.2) is 26.3 Å². The van der Waals surface area contributed by atoms with Crippen molar-refractivity contribution in [3.05, 3.63) is 23.7 Å². The zero-order valence-corrected chi connectivity index (χ0v) is 10.0. The molecule has 0 fully saturated rings. The maximum absolute atomic E-state index is 12.1. The molecule has 0 amide bonds. The molecule has 18 heavy (non-hydrogen) atoms. The van der Waals surface area contributed by atoms with Crippen molar-refractivity contribution in [2.75, 3.05) is 14.2 Å². The second kappa shape index (κ2) is 5.90. The average Bonchev–Trinajstić information content (AvgIpc) is 2.77. The van der Waals surface area contributed by atoms with Crippen molar-refractivity contribution in [2.45, 2.75) is 25.1 Å². The van der Waals surface area contributed by atoms with Crippen LogP contribution in [0, 0.1) is 0 Å². The normalized spacial score (nSPS) is 13.4. The Kier molecular flexibility index (Phi) is 4.77. The first kappa shape index (κ1) is 14.6. The molecular formula is C11H14F3NO3. The predicted octanol–water partition coefficient (Wildman–Crippen LogP) is 2.67. The zero-order chi connectivity index (χ0) is 13.8. The lowest BCUT2D eigenvalue weighted by Crippen LogP contribution is -2.19. The number of nitrogens with one attached hydrogen (secondary N) is 1. The van der Waals surface area contributed by atoms with Crippen molar-refractivity contribution in [3.63, 3.8) is 0 Å². The number of ether oxygens (including phenoxy) is 1. The highest BCUT2D eigenvalue weighted by Crippen LogP contribution is 2.28. The van der Waals surface area contributed by atoms with E-state index in [2.05, 4.69) is 10.1 Å². The number of carbonyl (C=O) groups excluding carboxylic acids is 1. The second-order valence-corrected chi connectivity index (χ2v) is 3.69. The van der Waals surface area contributed by atoms with Crippen LogP contribution in [-0.2, 0) is 4.74 Å². The van der Waals surface area contributed by atoms with Crippen molar-refractivity contribution in [2.24, 2.45) is 0 Å². The van der Waals surface area contributed by atoms with E-state index in [0.29, 0.717) is 0 Å². The Hall–Kier alpha value is -1.50. The molecule has 1 aromatic rings. The lowest BCUT2D eigenvalue weighted by atomic mass is 10.1. The highest BCUT2D eigenvalue weighted by Gasteiger charge is 2.29. The van der Waals surface area contributed by atoms with Crippen LogP contribution in [0.15, 0.2) is 16.5 Å². The molecule has 1 N–H and O–H groups in total. The molecule has 0 spiro atoms. The third-order valence-corrected chi connectivity index (χ3v) is 2.42. The molecule has 0 bridgehead atoms.